The number of benzene rings is 1. The molecule has 0 aliphatic rings. The van der Waals surface area contributed by atoms with E-state index in [-0.39, 0.29) is 0 Å². The van der Waals surface area contributed by atoms with Crippen LogP contribution in [0, 0.1) is 6.92 Å². The predicted molar refractivity (Wildman–Crippen MR) is 82.2 cm³/mol. The summed E-state index contributed by atoms with van der Waals surface area (Å²) >= 11 is 0. The fourth-order valence-corrected chi connectivity index (χ4v) is 2.36. The zero-order valence-corrected chi connectivity index (χ0v) is 13.2. The molecule has 1 aromatic carbocycles. The molecule has 0 unspecified atom stereocenters. The van der Waals surface area contributed by atoms with Crippen molar-refractivity contribution in [3.05, 3.63) is 41.4 Å². The van der Waals surface area contributed by atoms with Crippen molar-refractivity contribution in [3.8, 4) is 5.75 Å². The summed E-state index contributed by atoms with van der Waals surface area (Å²) in [6, 6.07) is 5.34. The number of hydrogen-bond donors (Lipinski definition) is 0. The quantitative estimate of drug-likeness (QED) is 0.673. The molecule has 0 fully saturated rings. The summed E-state index contributed by atoms with van der Waals surface area (Å²) in [7, 11) is 1.79. The number of carbonyl (C=O) groups is 1. The fraction of sp³-hybridized carbons (Fsp3) is 0.312. The Kier molecular flexibility index (Phi) is 4.01. The predicted octanol–water partition coefficient (Wildman–Crippen LogP) is 2.63. The zero-order valence-electron chi connectivity index (χ0n) is 13.2. The molecule has 2 aromatic heterocycles. The van der Waals surface area contributed by atoms with Crippen LogP contribution in [0.25, 0.3) is 11.0 Å². The molecule has 2 heterocycles. The van der Waals surface area contributed by atoms with E-state index in [9.17, 15) is 4.79 Å². The zero-order chi connectivity index (χ0) is 16.4. The first kappa shape index (κ1) is 15.1. The highest BCUT2D eigenvalue weighted by Crippen LogP contribution is 2.29. The van der Waals surface area contributed by atoms with E-state index in [1.165, 1.54) is 0 Å². The molecule has 23 heavy (non-hydrogen) atoms. The van der Waals surface area contributed by atoms with Crippen molar-refractivity contribution in [2.24, 2.45) is 7.05 Å². The summed E-state index contributed by atoms with van der Waals surface area (Å²) in [6.07, 6.45) is 1.78. The van der Waals surface area contributed by atoms with E-state index in [0.717, 1.165) is 5.69 Å². The van der Waals surface area contributed by atoms with E-state index in [2.05, 4.69) is 10.3 Å². The van der Waals surface area contributed by atoms with Crippen molar-refractivity contribution in [3.63, 3.8) is 0 Å². The standard InChI is InChI=1S/C16H17N3O4/c1-4-21-16(20)15-10(2)23-14-6-5-12(7-13(14)15)22-9-11-8-19(3)18-17-11/h5-8H,4,9H2,1-3H3. The van der Waals surface area contributed by atoms with Gasteiger partial charge in [0.2, 0.25) is 0 Å². The second-order valence-corrected chi connectivity index (χ2v) is 5.08. The Hall–Kier alpha value is -2.83. The first-order valence-electron chi connectivity index (χ1n) is 7.26. The molecule has 0 spiro atoms. The number of nitrogens with zero attached hydrogens (tertiary/aromatic N) is 3. The molecule has 0 aliphatic carbocycles. The maximum absolute atomic E-state index is 12.1. The summed E-state index contributed by atoms with van der Waals surface area (Å²) in [4.78, 5) is 12.1. The Labute approximate surface area is 132 Å². The minimum atomic E-state index is -0.394. The largest absolute Gasteiger partial charge is 0.487 e. The van der Waals surface area contributed by atoms with Gasteiger partial charge >= 0.3 is 5.97 Å². The molecule has 0 N–H and O–H groups in total. The number of hydrogen-bond acceptors (Lipinski definition) is 6. The van der Waals surface area contributed by atoms with E-state index < -0.39 is 5.97 Å². The number of aromatic nitrogens is 3. The van der Waals surface area contributed by atoms with Crippen LogP contribution in [0.2, 0.25) is 0 Å². The van der Waals surface area contributed by atoms with E-state index in [0.29, 0.717) is 41.3 Å². The van der Waals surface area contributed by atoms with Gasteiger partial charge in [0.25, 0.3) is 0 Å². The van der Waals surface area contributed by atoms with Crippen molar-refractivity contribution in [1.82, 2.24) is 15.0 Å². The average Bonchev–Trinajstić information content (AvgIpc) is 3.07. The Morgan fingerprint density at radius 2 is 2.22 bits per heavy atom. The van der Waals surface area contributed by atoms with Crippen LogP contribution in [0.1, 0.15) is 28.7 Å². The summed E-state index contributed by atoms with van der Waals surface area (Å²) in [5, 5.41) is 8.49. The third-order valence-electron chi connectivity index (χ3n) is 3.35. The normalized spacial score (nSPS) is 10.9. The van der Waals surface area contributed by atoms with Crippen LogP contribution in [0.3, 0.4) is 0 Å². The van der Waals surface area contributed by atoms with Gasteiger partial charge in [-0.15, -0.1) is 5.10 Å². The molecule has 7 heteroatoms. The van der Waals surface area contributed by atoms with Gasteiger partial charge in [0.1, 0.15) is 35.0 Å². The lowest BCUT2D eigenvalue weighted by Crippen LogP contribution is -2.05. The van der Waals surface area contributed by atoms with Gasteiger partial charge in [-0.1, -0.05) is 5.21 Å². The maximum atomic E-state index is 12.1. The summed E-state index contributed by atoms with van der Waals surface area (Å²) < 4.78 is 18.0. The number of aryl methyl sites for hydroxylation is 2. The van der Waals surface area contributed by atoms with Crippen molar-refractivity contribution >= 4 is 16.9 Å². The lowest BCUT2D eigenvalue weighted by Gasteiger charge is -2.04. The van der Waals surface area contributed by atoms with Crippen LogP contribution in [0.15, 0.2) is 28.8 Å². The Bertz CT molecular complexity index is 850. The van der Waals surface area contributed by atoms with Crippen LogP contribution in [-0.2, 0) is 18.4 Å². The number of furan rings is 1. The highest BCUT2D eigenvalue weighted by Gasteiger charge is 2.19. The van der Waals surface area contributed by atoms with Gasteiger partial charge in [0.15, 0.2) is 0 Å². The summed E-state index contributed by atoms with van der Waals surface area (Å²) in [6.45, 7) is 4.12. The molecule has 0 saturated carbocycles. The first-order chi connectivity index (χ1) is 11.1. The third kappa shape index (κ3) is 3.03. The van der Waals surface area contributed by atoms with Gasteiger partial charge in [-0.3, -0.25) is 4.68 Å². The van der Waals surface area contributed by atoms with Gasteiger partial charge in [-0.25, -0.2) is 4.79 Å². The smallest absolute Gasteiger partial charge is 0.342 e. The highest BCUT2D eigenvalue weighted by atomic mass is 16.5. The van der Waals surface area contributed by atoms with Crippen LogP contribution < -0.4 is 4.74 Å². The van der Waals surface area contributed by atoms with Crippen LogP contribution >= 0.6 is 0 Å². The number of esters is 1. The van der Waals surface area contributed by atoms with Crippen molar-refractivity contribution < 1.29 is 18.7 Å². The molecular weight excluding hydrogens is 298 g/mol. The van der Waals surface area contributed by atoms with Gasteiger partial charge in [0.05, 0.1) is 12.8 Å². The summed E-state index contributed by atoms with van der Waals surface area (Å²) in [5.41, 5.74) is 1.78. The number of fused-ring (bicyclic) bond motifs is 1. The van der Waals surface area contributed by atoms with E-state index in [1.807, 2.05) is 0 Å². The second-order valence-electron chi connectivity index (χ2n) is 5.08. The van der Waals surface area contributed by atoms with E-state index >= 15 is 0 Å². The van der Waals surface area contributed by atoms with Gasteiger partial charge in [-0.2, -0.15) is 0 Å². The molecule has 0 saturated heterocycles. The minimum Gasteiger partial charge on any atom is -0.487 e. The van der Waals surface area contributed by atoms with Crippen LogP contribution in [-0.4, -0.2) is 27.6 Å². The molecule has 0 amide bonds. The fourth-order valence-electron chi connectivity index (χ4n) is 2.36. The summed E-state index contributed by atoms with van der Waals surface area (Å²) in [5.74, 6) is 0.758. The monoisotopic (exact) mass is 315 g/mol. The molecule has 3 rings (SSSR count). The van der Waals surface area contributed by atoms with Crippen molar-refractivity contribution in [2.75, 3.05) is 6.61 Å². The highest BCUT2D eigenvalue weighted by molar-refractivity contribution is 6.04. The third-order valence-corrected chi connectivity index (χ3v) is 3.35. The van der Waals surface area contributed by atoms with Gasteiger partial charge < -0.3 is 13.9 Å². The average molecular weight is 315 g/mol. The molecule has 0 atom stereocenters. The minimum absolute atomic E-state index is 0.297. The van der Waals surface area contributed by atoms with Crippen molar-refractivity contribution in [1.29, 1.82) is 0 Å². The van der Waals surface area contributed by atoms with Crippen molar-refractivity contribution in [2.45, 2.75) is 20.5 Å². The Balaban J connectivity index is 1.88. The molecule has 0 aliphatic heterocycles. The molecule has 0 radical (unpaired) electrons. The van der Waals surface area contributed by atoms with Crippen LogP contribution in [0.4, 0.5) is 0 Å². The van der Waals surface area contributed by atoms with Gasteiger partial charge in [-0.05, 0) is 32.0 Å². The Morgan fingerprint density at radius 1 is 1.39 bits per heavy atom. The molecule has 120 valence electrons. The lowest BCUT2D eigenvalue weighted by atomic mass is 10.1. The molecule has 3 aromatic rings. The second kappa shape index (κ2) is 6.12. The van der Waals surface area contributed by atoms with Crippen LogP contribution in [0.5, 0.6) is 5.75 Å². The number of rotatable bonds is 5. The number of carbonyl (C=O) groups excluding carboxylic acids is 1. The maximum Gasteiger partial charge on any atom is 0.342 e. The van der Waals surface area contributed by atoms with E-state index in [4.69, 9.17) is 13.9 Å². The SMILES string of the molecule is CCOC(=O)c1c(C)oc2ccc(OCc3cn(C)nn3)cc12. The molecular formula is C16H17N3O4. The Morgan fingerprint density at radius 3 is 2.91 bits per heavy atom. The van der Waals surface area contributed by atoms with E-state index in [1.54, 1.807) is 50.0 Å². The number of ether oxygens (including phenoxy) is 2. The first-order valence-corrected chi connectivity index (χ1v) is 7.26. The molecule has 7 nitrogen and oxygen atoms in total. The lowest BCUT2D eigenvalue weighted by molar-refractivity contribution is 0.0526. The van der Waals surface area contributed by atoms with Gasteiger partial charge in [0, 0.05) is 12.4 Å². The molecule has 0 bridgehead atoms. The topological polar surface area (TPSA) is 79.4 Å².